The van der Waals surface area contributed by atoms with Crippen LogP contribution in [-0.2, 0) is 16.1 Å². The van der Waals surface area contributed by atoms with Crippen LogP contribution in [0.2, 0.25) is 0 Å². The Balaban J connectivity index is 2.07. The number of benzene rings is 1. The van der Waals surface area contributed by atoms with E-state index in [4.69, 9.17) is 4.74 Å². The van der Waals surface area contributed by atoms with Crippen LogP contribution in [0.3, 0.4) is 0 Å². The third-order valence-corrected chi connectivity index (χ3v) is 3.56. The van der Waals surface area contributed by atoms with E-state index >= 15 is 0 Å². The maximum atomic E-state index is 11.8. The average Bonchev–Trinajstić information content (AvgIpc) is 2.38. The van der Waals surface area contributed by atoms with Gasteiger partial charge in [0.1, 0.15) is 6.04 Å². The number of rotatable bonds is 3. The highest BCUT2D eigenvalue weighted by Crippen LogP contribution is 2.20. The summed E-state index contributed by atoms with van der Waals surface area (Å²) in [6.45, 7) is 3.91. The zero-order chi connectivity index (χ0) is 13.0. The highest BCUT2D eigenvalue weighted by atomic mass is 16.5. The van der Waals surface area contributed by atoms with Crippen molar-refractivity contribution in [1.29, 1.82) is 0 Å². The van der Waals surface area contributed by atoms with Crippen molar-refractivity contribution in [2.24, 2.45) is 0 Å². The Labute approximate surface area is 109 Å². The smallest absolute Gasteiger partial charge is 0.323 e. The van der Waals surface area contributed by atoms with Crippen LogP contribution in [0.15, 0.2) is 24.3 Å². The van der Waals surface area contributed by atoms with Crippen molar-refractivity contribution in [3.05, 3.63) is 35.4 Å². The number of carbonyl (C=O) groups excluding carboxylic acids is 1. The van der Waals surface area contributed by atoms with Gasteiger partial charge in [-0.25, -0.2) is 0 Å². The number of hydrogen-bond donors (Lipinski definition) is 0. The molecular formula is C15H21NO2. The van der Waals surface area contributed by atoms with E-state index in [9.17, 15) is 4.79 Å². The Bertz CT molecular complexity index is 417. The van der Waals surface area contributed by atoms with E-state index < -0.39 is 0 Å². The Morgan fingerprint density at radius 1 is 1.44 bits per heavy atom. The predicted octanol–water partition coefficient (Wildman–Crippen LogP) is 2.52. The van der Waals surface area contributed by atoms with Crippen LogP contribution >= 0.6 is 0 Å². The summed E-state index contributed by atoms with van der Waals surface area (Å²) in [4.78, 5) is 14.0. The molecule has 1 aromatic rings. The third kappa shape index (κ3) is 3.10. The van der Waals surface area contributed by atoms with Gasteiger partial charge in [0.15, 0.2) is 0 Å². The maximum absolute atomic E-state index is 11.8. The van der Waals surface area contributed by atoms with Gasteiger partial charge in [-0.1, -0.05) is 36.2 Å². The van der Waals surface area contributed by atoms with Crippen molar-refractivity contribution in [1.82, 2.24) is 4.90 Å². The second-order valence-corrected chi connectivity index (χ2v) is 4.99. The van der Waals surface area contributed by atoms with Crippen molar-refractivity contribution < 1.29 is 9.53 Å². The third-order valence-electron chi connectivity index (χ3n) is 3.56. The summed E-state index contributed by atoms with van der Waals surface area (Å²) < 4.78 is 4.90. The lowest BCUT2D eigenvalue weighted by atomic mass is 10.0. The summed E-state index contributed by atoms with van der Waals surface area (Å²) in [5, 5.41) is 0. The lowest BCUT2D eigenvalue weighted by Gasteiger charge is -2.33. The lowest BCUT2D eigenvalue weighted by Crippen LogP contribution is -2.44. The molecule has 98 valence electrons. The number of carbonyl (C=O) groups is 1. The topological polar surface area (TPSA) is 29.5 Å². The van der Waals surface area contributed by atoms with Crippen LogP contribution < -0.4 is 0 Å². The minimum absolute atomic E-state index is 0.0655. The molecule has 1 saturated heterocycles. The predicted molar refractivity (Wildman–Crippen MR) is 71.2 cm³/mol. The SMILES string of the molecule is COC(=O)C1CCCCN1Cc1cccc(C)c1. The van der Waals surface area contributed by atoms with Crippen molar-refractivity contribution in [3.63, 3.8) is 0 Å². The van der Waals surface area contributed by atoms with Crippen LogP contribution in [-0.4, -0.2) is 30.6 Å². The first kappa shape index (κ1) is 13.1. The second kappa shape index (κ2) is 6.01. The van der Waals surface area contributed by atoms with Crippen LogP contribution in [0.1, 0.15) is 30.4 Å². The molecule has 0 radical (unpaired) electrons. The molecule has 1 atom stereocenters. The van der Waals surface area contributed by atoms with E-state index in [-0.39, 0.29) is 12.0 Å². The van der Waals surface area contributed by atoms with Gasteiger partial charge >= 0.3 is 5.97 Å². The summed E-state index contributed by atoms with van der Waals surface area (Å²) in [5.41, 5.74) is 2.53. The first-order valence-electron chi connectivity index (χ1n) is 6.58. The number of aryl methyl sites for hydroxylation is 1. The Morgan fingerprint density at radius 2 is 2.28 bits per heavy atom. The fourth-order valence-corrected chi connectivity index (χ4v) is 2.63. The quantitative estimate of drug-likeness (QED) is 0.769. The van der Waals surface area contributed by atoms with E-state index in [1.807, 2.05) is 0 Å². The van der Waals surface area contributed by atoms with Crippen molar-refractivity contribution in [2.45, 2.75) is 38.8 Å². The van der Waals surface area contributed by atoms with Gasteiger partial charge in [-0.15, -0.1) is 0 Å². The van der Waals surface area contributed by atoms with E-state index in [1.165, 1.54) is 24.7 Å². The molecule has 0 amide bonds. The molecule has 1 fully saturated rings. The number of hydrogen-bond acceptors (Lipinski definition) is 3. The second-order valence-electron chi connectivity index (χ2n) is 4.99. The van der Waals surface area contributed by atoms with E-state index in [0.29, 0.717) is 0 Å². The molecule has 0 spiro atoms. The van der Waals surface area contributed by atoms with Crippen LogP contribution in [0.5, 0.6) is 0 Å². The number of ether oxygens (including phenoxy) is 1. The monoisotopic (exact) mass is 247 g/mol. The summed E-state index contributed by atoms with van der Waals surface area (Å²) >= 11 is 0. The molecule has 0 aromatic heterocycles. The van der Waals surface area contributed by atoms with Crippen LogP contribution in [0.25, 0.3) is 0 Å². The van der Waals surface area contributed by atoms with Gasteiger partial charge in [-0.2, -0.15) is 0 Å². The van der Waals surface area contributed by atoms with Crippen LogP contribution in [0.4, 0.5) is 0 Å². The van der Waals surface area contributed by atoms with Gasteiger partial charge in [0.05, 0.1) is 7.11 Å². The minimum atomic E-state index is -0.0950. The molecule has 1 aromatic carbocycles. The zero-order valence-electron chi connectivity index (χ0n) is 11.2. The van der Waals surface area contributed by atoms with E-state index in [1.54, 1.807) is 0 Å². The van der Waals surface area contributed by atoms with Gasteiger partial charge < -0.3 is 4.74 Å². The molecule has 3 nitrogen and oxygen atoms in total. The summed E-state index contributed by atoms with van der Waals surface area (Å²) in [6.07, 6.45) is 3.20. The van der Waals surface area contributed by atoms with Crippen molar-refractivity contribution >= 4 is 5.97 Å². The summed E-state index contributed by atoms with van der Waals surface area (Å²) in [6, 6.07) is 8.40. The lowest BCUT2D eigenvalue weighted by molar-refractivity contribution is -0.148. The molecule has 18 heavy (non-hydrogen) atoms. The number of methoxy groups -OCH3 is 1. The van der Waals surface area contributed by atoms with Crippen molar-refractivity contribution in [3.8, 4) is 0 Å². The van der Waals surface area contributed by atoms with Gasteiger partial charge in [0.25, 0.3) is 0 Å². The zero-order valence-corrected chi connectivity index (χ0v) is 11.2. The number of likely N-dealkylation sites (tertiary alicyclic amines) is 1. The largest absolute Gasteiger partial charge is 0.468 e. The van der Waals surface area contributed by atoms with E-state index in [0.717, 1.165) is 25.9 Å². The van der Waals surface area contributed by atoms with E-state index in [2.05, 4.69) is 36.1 Å². The Kier molecular flexibility index (Phi) is 4.37. The number of esters is 1. The molecule has 2 rings (SSSR count). The van der Waals surface area contributed by atoms with Gasteiger partial charge in [0.2, 0.25) is 0 Å². The van der Waals surface area contributed by atoms with Gasteiger partial charge in [0, 0.05) is 6.54 Å². The fourth-order valence-electron chi connectivity index (χ4n) is 2.63. The molecular weight excluding hydrogens is 226 g/mol. The fraction of sp³-hybridized carbons (Fsp3) is 0.533. The Morgan fingerprint density at radius 3 is 3.00 bits per heavy atom. The van der Waals surface area contributed by atoms with Crippen LogP contribution in [0, 0.1) is 6.92 Å². The van der Waals surface area contributed by atoms with Crippen molar-refractivity contribution in [2.75, 3.05) is 13.7 Å². The standard InChI is InChI=1S/C15H21NO2/c1-12-6-5-7-13(10-12)11-16-9-4-3-8-14(16)15(17)18-2/h5-7,10,14H,3-4,8-9,11H2,1-2H3. The molecule has 3 heteroatoms. The molecule has 0 aliphatic carbocycles. The van der Waals surface area contributed by atoms with Gasteiger partial charge in [-0.05, 0) is 31.9 Å². The Hall–Kier alpha value is -1.35. The number of nitrogens with zero attached hydrogens (tertiary/aromatic N) is 1. The normalized spacial score (nSPS) is 20.7. The molecule has 1 aliphatic rings. The number of piperidine rings is 1. The first-order chi connectivity index (χ1) is 8.70. The summed E-state index contributed by atoms with van der Waals surface area (Å²) in [5.74, 6) is -0.0950. The highest BCUT2D eigenvalue weighted by Gasteiger charge is 2.29. The summed E-state index contributed by atoms with van der Waals surface area (Å²) in [7, 11) is 1.47. The molecule has 1 heterocycles. The molecule has 1 aliphatic heterocycles. The molecule has 1 unspecified atom stereocenters. The first-order valence-corrected chi connectivity index (χ1v) is 6.58. The maximum Gasteiger partial charge on any atom is 0.323 e. The molecule has 0 N–H and O–H groups in total. The molecule has 0 bridgehead atoms. The highest BCUT2D eigenvalue weighted by molar-refractivity contribution is 5.75. The van der Waals surface area contributed by atoms with Gasteiger partial charge in [-0.3, -0.25) is 9.69 Å². The molecule has 0 saturated carbocycles. The minimum Gasteiger partial charge on any atom is -0.468 e. The average molecular weight is 247 g/mol.